The third-order valence-corrected chi connectivity index (χ3v) is 3.73. The maximum Gasteiger partial charge on any atom is 0.228 e. The van der Waals surface area contributed by atoms with Crippen molar-refractivity contribution in [2.24, 2.45) is 11.7 Å². The van der Waals surface area contributed by atoms with Crippen LogP contribution < -0.4 is 5.73 Å². The number of nitrogens with zero attached hydrogens (tertiary/aromatic N) is 2. The van der Waals surface area contributed by atoms with E-state index in [1.807, 2.05) is 24.0 Å². The van der Waals surface area contributed by atoms with Crippen LogP contribution in [0, 0.1) is 5.92 Å². The van der Waals surface area contributed by atoms with Crippen LogP contribution in [0.5, 0.6) is 0 Å². The van der Waals surface area contributed by atoms with E-state index in [-0.39, 0.29) is 17.9 Å². The molecule has 5 nitrogen and oxygen atoms in total. The number of ether oxygens (including phenoxy) is 1. The van der Waals surface area contributed by atoms with E-state index in [4.69, 9.17) is 10.5 Å². The second-order valence-corrected chi connectivity index (χ2v) is 5.23. The van der Waals surface area contributed by atoms with Gasteiger partial charge in [0.15, 0.2) is 0 Å². The smallest absolute Gasteiger partial charge is 0.228 e. The first-order valence-electron chi connectivity index (χ1n) is 7.21. The van der Waals surface area contributed by atoms with Crippen LogP contribution >= 0.6 is 0 Å². The van der Waals surface area contributed by atoms with Crippen molar-refractivity contribution in [3.05, 3.63) is 30.1 Å². The predicted octanol–water partition coefficient (Wildman–Crippen LogP) is 1.18. The summed E-state index contributed by atoms with van der Waals surface area (Å²) in [6.07, 6.45) is 5.18. The van der Waals surface area contributed by atoms with E-state index in [0.717, 1.165) is 18.4 Å². The molecule has 0 aromatic carbocycles. The van der Waals surface area contributed by atoms with Crippen molar-refractivity contribution in [3.63, 3.8) is 0 Å². The monoisotopic (exact) mass is 277 g/mol. The number of hydrogen-bond acceptors (Lipinski definition) is 4. The topological polar surface area (TPSA) is 68.5 Å². The highest BCUT2D eigenvalue weighted by Crippen LogP contribution is 2.23. The van der Waals surface area contributed by atoms with Crippen molar-refractivity contribution in [2.45, 2.75) is 32.4 Å². The summed E-state index contributed by atoms with van der Waals surface area (Å²) in [5.74, 6) is 0.150. The van der Waals surface area contributed by atoms with Gasteiger partial charge < -0.3 is 15.4 Å². The Morgan fingerprint density at radius 2 is 2.45 bits per heavy atom. The van der Waals surface area contributed by atoms with Crippen LogP contribution in [0.25, 0.3) is 0 Å². The Labute approximate surface area is 120 Å². The largest absolute Gasteiger partial charge is 0.378 e. The fraction of sp³-hybridized carbons (Fsp3) is 0.600. The van der Waals surface area contributed by atoms with E-state index in [1.165, 1.54) is 0 Å². The minimum Gasteiger partial charge on any atom is -0.378 e. The number of nitrogens with two attached hydrogens (primary N) is 1. The molecule has 0 aliphatic carbocycles. The lowest BCUT2D eigenvalue weighted by molar-refractivity contribution is -0.137. The Morgan fingerprint density at radius 1 is 1.60 bits per heavy atom. The summed E-state index contributed by atoms with van der Waals surface area (Å²) in [7, 11) is 0. The molecule has 1 fully saturated rings. The van der Waals surface area contributed by atoms with E-state index in [0.29, 0.717) is 26.2 Å². The van der Waals surface area contributed by atoms with Gasteiger partial charge >= 0.3 is 0 Å². The second-order valence-electron chi connectivity index (χ2n) is 5.23. The predicted molar refractivity (Wildman–Crippen MR) is 76.8 cm³/mol. The van der Waals surface area contributed by atoms with Crippen LogP contribution in [0.2, 0.25) is 0 Å². The highest BCUT2D eigenvalue weighted by Gasteiger charge is 2.33. The summed E-state index contributed by atoms with van der Waals surface area (Å²) in [5, 5.41) is 0. The molecule has 1 amide bonds. The number of pyridine rings is 1. The second kappa shape index (κ2) is 7.36. The van der Waals surface area contributed by atoms with E-state index in [2.05, 4.69) is 4.98 Å². The molecule has 1 aliphatic heterocycles. The minimum absolute atomic E-state index is 0.0109. The Balaban J connectivity index is 2.04. The maximum absolute atomic E-state index is 12.7. The number of rotatable bonds is 6. The van der Waals surface area contributed by atoms with Gasteiger partial charge in [-0.3, -0.25) is 9.78 Å². The van der Waals surface area contributed by atoms with Gasteiger partial charge in [-0.25, -0.2) is 0 Å². The number of hydrogen-bond donors (Lipinski definition) is 1. The molecule has 2 N–H and O–H groups in total. The first kappa shape index (κ1) is 14.9. The summed E-state index contributed by atoms with van der Waals surface area (Å²) >= 11 is 0. The lowest BCUT2D eigenvalue weighted by Gasteiger charge is -2.26. The van der Waals surface area contributed by atoms with E-state index in [1.54, 1.807) is 12.4 Å². The third kappa shape index (κ3) is 3.77. The van der Waals surface area contributed by atoms with E-state index in [9.17, 15) is 4.79 Å². The van der Waals surface area contributed by atoms with Crippen molar-refractivity contribution < 1.29 is 9.53 Å². The molecule has 0 spiro atoms. The van der Waals surface area contributed by atoms with Crippen LogP contribution in [0.15, 0.2) is 24.5 Å². The zero-order valence-corrected chi connectivity index (χ0v) is 12.0. The van der Waals surface area contributed by atoms with E-state index < -0.39 is 0 Å². The van der Waals surface area contributed by atoms with Crippen LogP contribution in [0.4, 0.5) is 0 Å². The van der Waals surface area contributed by atoms with Crippen LogP contribution in [0.3, 0.4) is 0 Å². The zero-order chi connectivity index (χ0) is 14.4. The molecule has 1 saturated heterocycles. The Kier molecular flexibility index (Phi) is 5.49. The fourth-order valence-corrected chi connectivity index (χ4v) is 2.55. The van der Waals surface area contributed by atoms with Gasteiger partial charge in [-0.15, -0.1) is 0 Å². The third-order valence-electron chi connectivity index (χ3n) is 3.73. The fourth-order valence-electron chi connectivity index (χ4n) is 2.55. The van der Waals surface area contributed by atoms with Crippen LogP contribution in [0.1, 0.15) is 25.3 Å². The standard InChI is InChI=1S/C15H23N3O2/c1-12-14(5-9-20-12)15(19)18(8-3-6-16)11-13-4-2-7-17-10-13/h2,4,7,10,12,14H,3,5-6,8-9,11,16H2,1H3. The average Bonchev–Trinajstić information content (AvgIpc) is 2.90. The summed E-state index contributed by atoms with van der Waals surface area (Å²) in [6.45, 7) is 4.52. The van der Waals surface area contributed by atoms with Gasteiger partial charge in [0.2, 0.25) is 5.91 Å². The first-order valence-corrected chi connectivity index (χ1v) is 7.21. The summed E-state index contributed by atoms with van der Waals surface area (Å²) in [4.78, 5) is 18.6. The van der Waals surface area contributed by atoms with Gasteiger partial charge in [-0.2, -0.15) is 0 Å². The molecule has 0 saturated carbocycles. The SMILES string of the molecule is CC1OCCC1C(=O)N(CCCN)Cc1cccnc1. The Hall–Kier alpha value is -1.46. The van der Waals surface area contributed by atoms with Crippen molar-refractivity contribution in [3.8, 4) is 0 Å². The summed E-state index contributed by atoms with van der Waals surface area (Å²) in [5.41, 5.74) is 6.62. The van der Waals surface area contributed by atoms with Gasteiger partial charge in [0, 0.05) is 32.1 Å². The van der Waals surface area contributed by atoms with Gasteiger partial charge in [0.1, 0.15) is 0 Å². The molecule has 1 aliphatic rings. The van der Waals surface area contributed by atoms with Crippen LogP contribution in [-0.4, -0.2) is 41.6 Å². The molecular formula is C15H23N3O2. The molecule has 5 heteroatoms. The normalized spacial score (nSPS) is 21.9. The molecule has 0 bridgehead atoms. The molecule has 0 radical (unpaired) electrons. The number of aromatic nitrogens is 1. The molecule has 110 valence electrons. The number of amides is 1. The van der Waals surface area contributed by atoms with Crippen molar-refractivity contribution in [2.75, 3.05) is 19.7 Å². The van der Waals surface area contributed by atoms with Gasteiger partial charge in [-0.1, -0.05) is 6.07 Å². The molecule has 2 rings (SSSR count). The van der Waals surface area contributed by atoms with Crippen LogP contribution in [-0.2, 0) is 16.1 Å². The molecule has 20 heavy (non-hydrogen) atoms. The summed E-state index contributed by atoms with van der Waals surface area (Å²) in [6, 6.07) is 3.88. The lowest BCUT2D eigenvalue weighted by Crippen LogP contribution is -2.39. The maximum atomic E-state index is 12.7. The first-order chi connectivity index (χ1) is 9.72. The molecular weight excluding hydrogens is 254 g/mol. The Morgan fingerprint density at radius 3 is 3.05 bits per heavy atom. The molecule has 1 aromatic heterocycles. The minimum atomic E-state index is -0.0237. The summed E-state index contributed by atoms with van der Waals surface area (Å²) < 4.78 is 5.51. The molecule has 2 heterocycles. The van der Waals surface area contributed by atoms with Gasteiger partial charge in [0.25, 0.3) is 0 Å². The molecule has 2 atom stereocenters. The molecule has 1 aromatic rings. The molecule has 2 unspecified atom stereocenters. The number of carbonyl (C=O) groups is 1. The zero-order valence-electron chi connectivity index (χ0n) is 12.0. The Bertz CT molecular complexity index is 424. The van der Waals surface area contributed by atoms with Crippen molar-refractivity contribution in [1.82, 2.24) is 9.88 Å². The highest BCUT2D eigenvalue weighted by atomic mass is 16.5. The van der Waals surface area contributed by atoms with Crippen molar-refractivity contribution >= 4 is 5.91 Å². The van der Waals surface area contributed by atoms with Gasteiger partial charge in [0.05, 0.1) is 12.0 Å². The quantitative estimate of drug-likeness (QED) is 0.848. The highest BCUT2D eigenvalue weighted by molar-refractivity contribution is 5.79. The average molecular weight is 277 g/mol. The van der Waals surface area contributed by atoms with Gasteiger partial charge in [-0.05, 0) is 37.9 Å². The number of carbonyl (C=O) groups excluding carboxylic acids is 1. The van der Waals surface area contributed by atoms with E-state index >= 15 is 0 Å². The van der Waals surface area contributed by atoms with Crippen molar-refractivity contribution in [1.29, 1.82) is 0 Å². The lowest BCUT2D eigenvalue weighted by atomic mass is 10.0.